The molecular weight excluding hydrogens is 220 g/mol. The van der Waals surface area contributed by atoms with Gasteiger partial charge in [0.1, 0.15) is 6.54 Å². The van der Waals surface area contributed by atoms with Crippen LogP contribution in [-0.2, 0) is 14.3 Å². The molecule has 1 amide bonds. The van der Waals surface area contributed by atoms with Gasteiger partial charge in [-0.05, 0) is 19.3 Å². The second-order valence-electron chi connectivity index (χ2n) is 5.48. The number of nitrogens with two attached hydrogens (primary N) is 1. The SMILES string of the molecule is COC(=O)CN(C(=O)C(N)C(C)(C)C)C(C)C. The monoisotopic (exact) mass is 244 g/mol. The number of hydrogen-bond donors (Lipinski definition) is 1. The lowest BCUT2D eigenvalue weighted by atomic mass is 9.86. The number of methoxy groups -OCH3 is 1. The molecule has 0 aliphatic carbocycles. The summed E-state index contributed by atoms with van der Waals surface area (Å²) in [5, 5.41) is 0. The standard InChI is InChI=1S/C12H24N2O3/c1-8(2)14(7-9(15)17-6)11(16)10(13)12(3,4)5/h8,10H,7,13H2,1-6H3. The number of rotatable bonds is 4. The normalized spacial score (nSPS) is 13.4. The van der Waals surface area contributed by atoms with Crippen molar-refractivity contribution in [3.63, 3.8) is 0 Å². The molecule has 5 heteroatoms. The van der Waals surface area contributed by atoms with E-state index in [9.17, 15) is 9.59 Å². The Bertz CT molecular complexity index is 282. The van der Waals surface area contributed by atoms with Crippen LogP contribution < -0.4 is 5.73 Å². The molecule has 0 saturated carbocycles. The van der Waals surface area contributed by atoms with Crippen LogP contribution in [0.4, 0.5) is 0 Å². The van der Waals surface area contributed by atoms with Crippen LogP contribution in [0.15, 0.2) is 0 Å². The summed E-state index contributed by atoms with van der Waals surface area (Å²) in [7, 11) is 1.30. The van der Waals surface area contributed by atoms with E-state index in [4.69, 9.17) is 5.73 Å². The Morgan fingerprint density at radius 1 is 1.29 bits per heavy atom. The average molecular weight is 244 g/mol. The van der Waals surface area contributed by atoms with E-state index in [0.29, 0.717) is 0 Å². The molecule has 0 aliphatic rings. The molecule has 17 heavy (non-hydrogen) atoms. The Balaban J connectivity index is 4.84. The van der Waals surface area contributed by atoms with Gasteiger partial charge in [-0.25, -0.2) is 0 Å². The first-order chi connectivity index (χ1) is 7.61. The molecule has 0 aliphatic heterocycles. The molecule has 100 valence electrons. The minimum atomic E-state index is -0.630. The number of nitrogens with zero attached hydrogens (tertiary/aromatic N) is 1. The first-order valence-electron chi connectivity index (χ1n) is 5.74. The number of carbonyl (C=O) groups excluding carboxylic acids is 2. The molecule has 0 radical (unpaired) electrons. The van der Waals surface area contributed by atoms with Gasteiger partial charge in [-0.15, -0.1) is 0 Å². The minimum Gasteiger partial charge on any atom is -0.468 e. The van der Waals surface area contributed by atoms with Gasteiger partial charge < -0.3 is 15.4 Å². The number of carbonyl (C=O) groups is 2. The van der Waals surface area contributed by atoms with Crippen LogP contribution in [-0.4, -0.2) is 42.5 Å². The molecule has 0 aromatic heterocycles. The van der Waals surface area contributed by atoms with Gasteiger partial charge in [-0.3, -0.25) is 9.59 Å². The van der Waals surface area contributed by atoms with Crippen molar-refractivity contribution in [3.05, 3.63) is 0 Å². The van der Waals surface area contributed by atoms with Gasteiger partial charge in [0.15, 0.2) is 0 Å². The Morgan fingerprint density at radius 2 is 1.76 bits per heavy atom. The quantitative estimate of drug-likeness (QED) is 0.741. The fourth-order valence-electron chi connectivity index (χ4n) is 1.27. The molecular formula is C12H24N2O3. The molecule has 0 spiro atoms. The zero-order valence-corrected chi connectivity index (χ0v) is 11.6. The van der Waals surface area contributed by atoms with Crippen LogP contribution in [0, 0.1) is 5.41 Å². The van der Waals surface area contributed by atoms with E-state index in [1.807, 2.05) is 34.6 Å². The maximum Gasteiger partial charge on any atom is 0.325 e. The third-order valence-corrected chi connectivity index (χ3v) is 2.63. The topological polar surface area (TPSA) is 72.6 Å². The van der Waals surface area contributed by atoms with Crippen molar-refractivity contribution in [2.24, 2.45) is 11.1 Å². The van der Waals surface area contributed by atoms with Crippen molar-refractivity contribution >= 4 is 11.9 Å². The lowest BCUT2D eigenvalue weighted by Crippen LogP contribution is -2.53. The van der Waals surface area contributed by atoms with Crippen molar-refractivity contribution in [3.8, 4) is 0 Å². The van der Waals surface area contributed by atoms with Crippen molar-refractivity contribution in [2.45, 2.75) is 46.7 Å². The summed E-state index contributed by atoms with van der Waals surface area (Å²) in [6.45, 7) is 9.31. The van der Waals surface area contributed by atoms with E-state index in [1.54, 1.807) is 0 Å². The molecule has 0 bridgehead atoms. The van der Waals surface area contributed by atoms with Crippen LogP contribution in [0.5, 0.6) is 0 Å². The third kappa shape index (κ3) is 4.73. The molecule has 0 aromatic rings. The van der Waals surface area contributed by atoms with Gasteiger partial charge in [-0.2, -0.15) is 0 Å². The summed E-state index contributed by atoms with van der Waals surface area (Å²) in [6, 6.07) is -0.718. The molecule has 5 nitrogen and oxygen atoms in total. The summed E-state index contributed by atoms with van der Waals surface area (Å²) >= 11 is 0. The molecule has 0 heterocycles. The number of amides is 1. The Labute approximate surface area is 103 Å². The highest BCUT2D eigenvalue weighted by molar-refractivity contribution is 5.86. The fourth-order valence-corrected chi connectivity index (χ4v) is 1.27. The molecule has 0 aromatic carbocycles. The van der Waals surface area contributed by atoms with Crippen molar-refractivity contribution in [1.29, 1.82) is 0 Å². The maximum absolute atomic E-state index is 12.2. The van der Waals surface area contributed by atoms with Crippen LogP contribution in [0.25, 0.3) is 0 Å². The Hall–Kier alpha value is -1.10. The largest absolute Gasteiger partial charge is 0.468 e. The van der Waals surface area contributed by atoms with Gasteiger partial charge in [-0.1, -0.05) is 20.8 Å². The summed E-state index contributed by atoms with van der Waals surface area (Å²) in [6.07, 6.45) is 0. The van der Waals surface area contributed by atoms with Crippen LogP contribution in [0.3, 0.4) is 0 Å². The number of hydrogen-bond acceptors (Lipinski definition) is 4. The van der Waals surface area contributed by atoms with E-state index >= 15 is 0 Å². The number of ether oxygens (including phenoxy) is 1. The second kappa shape index (κ2) is 6.00. The predicted molar refractivity (Wildman–Crippen MR) is 66.3 cm³/mol. The summed E-state index contributed by atoms with van der Waals surface area (Å²) in [4.78, 5) is 24.9. The third-order valence-electron chi connectivity index (χ3n) is 2.63. The van der Waals surface area contributed by atoms with Crippen LogP contribution in [0.2, 0.25) is 0 Å². The van der Waals surface area contributed by atoms with Crippen LogP contribution in [0.1, 0.15) is 34.6 Å². The van der Waals surface area contributed by atoms with Gasteiger partial charge >= 0.3 is 5.97 Å². The van der Waals surface area contributed by atoms with Gasteiger partial charge in [0.2, 0.25) is 5.91 Å². The fraction of sp³-hybridized carbons (Fsp3) is 0.833. The molecule has 1 unspecified atom stereocenters. The molecule has 1 atom stereocenters. The highest BCUT2D eigenvalue weighted by Gasteiger charge is 2.33. The average Bonchev–Trinajstić information content (AvgIpc) is 2.21. The molecule has 0 rings (SSSR count). The highest BCUT2D eigenvalue weighted by Crippen LogP contribution is 2.19. The van der Waals surface area contributed by atoms with E-state index in [1.165, 1.54) is 12.0 Å². The van der Waals surface area contributed by atoms with E-state index in [0.717, 1.165) is 0 Å². The Morgan fingerprint density at radius 3 is 2.06 bits per heavy atom. The first-order valence-corrected chi connectivity index (χ1v) is 5.74. The first kappa shape index (κ1) is 15.9. The maximum atomic E-state index is 12.2. The minimum absolute atomic E-state index is 0.0587. The van der Waals surface area contributed by atoms with E-state index in [2.05, 4.69) is 4.74 Å². The Kier molecular flexibility index (Phi) is 5.61. The smallest absolute Gasteiger partial charge is 0.325 e. The van der Waals surface area contributed by atoms with E-state index < -0.39 is 12.0 Å². The molecule has 2 N–H and O–H groups in total. The van der Waals surface area contributed by atoms with Gasteiger partial charge in [0.05, 0.1) is 13.2 Å². The van der Waals surface area contributed by atoms with E-state index in [-0.39, 0.29) is 23.9 Å². The second-order valence-corrected chi connectivity index (χ2v) is 5.48. The number of esters is 1. The zero-order chi connectivity index (χ0) is 13.8. The van der Waals surface area contributed by atoms with Crippen molar-refractivity contribution < 1.29 is 14.3 Å². The van der Waals surface area contributed by atoms with Gasteiger partial charge in [0.25, 0.3) is 0 Å². The lowest BCUT2D eigenvalue weighted by Gasteiger charge is -2.33. The molecule has 0 saturated heterocycles. The summed E-state index contributed by atoms with van der Waals surface area (Å²) in [5.74, 6) is -0.661. The summed E-state index contributed by atoms with van der Waals surface area (Å²) < 4.78 is 4.57. The lowest BCUT2D eigenvalue weighted by molar-refractivity contribution is -0.149. The molecule has 0 fully saturated rings. The van der Waals surface area contributed by atoms with Gasteiger partial charge in [0, 0.05) is 6.04 Å². The zero-order valence-electron chi connectivity index (χ0n) is 11.6. The van der Waals surface area contributed by atoms with Crippen molar-refractivity contribution in [1.82, 2.24) is 4.90 Å². The van der Waals surface area contributed by atoms with Crippen LogP contribution >= 0.6 is 0 Å². The predicted octanol–water partition coefficient (Wildman–Crippen LogP) is 0.770. The highest BCUT2D eigenvalue weighted by atomic mass is 16.5. The van der Waals surface area contributed by atoms with Crippen molar-refractivity contribution in [2.75, 3.05) is 13.7 Å². The summed E-state index contributed by atoms with van der Waals surface area (Å²) in [5.41, 5.74) is 5.57.